The SMILES string of the molecule is CCn1c(SCC(=O)Nc2ccc(Cl)cc2Cl)nnc1[C@H](C)NC(=O)c1ccc(Cl)cc1Cl. The number of hydrogen-bond acceptors (Lipinski definition) is 5. The quantitative estimate of drug-likeness (QED) is 0.331. The Morgan fingerprint density at radius 3 is 2.33 bits per heavy atom. The molecular formula is C21H19Cl4N5O2S. The lowest BCUT2D eigenvalue weighted by molar-refractivity contribution is -0.113. The molecule has 0 saturated carbocycles. The van der Waals surface area contributed by atoms with E-state index in [0.717, 1.165) is 0 Å². The molecule has 3 aromatic rings. The average molecular weight is 547 g/mol. The molecule has 2 amide bonds. The van der Waals surface area contributed by atoms with Crippen LogP contribution in [0.15, 0.2) is 41.6 Å². The van der Waals surface area contributed by atoms with Crippen LogP contribution in [0, 0.1) is 0 Å². The summed E-state index contributed by atoms with van der Waals surface area (Å²) in [7, 11) is 0. The molecule has 2 aromatic carbocycles. The van der Waals surface area contributed by atoms with Crippen LogP contribution in [0.4, 0.5) is 5.69 Å². The summed E-state index contributed by atoms with van der Waals surface area (Å²) in [4.78, 5) is 25.0. The molecule has 33 heavy (non-hydrogen) atoms. The molecule has 1 aromatic heterocycles. The molecule has 1 heterocycles. The number of amides is 2. The minimum Gasteiger partial charge on any atom is -0.342 e. The molecule has 0 fully saturated rings. The first-order valence-electron chi connectivity index (χ1n) is 9.76. The average Bonchev–Trinajstić information content (AvgIpc) is 3.17. The normalized spacial score (nSPS) is 11.8. The fraction of sp³-hybridized carbons (Fsp3) is 0.238. The van der Waals surface area contributed by atoms with Gasteiger partial charge < -0.3 is 15.2 Å². The van der Waals surface area contributed by atoms with Crippen LogP contribution in [0.5, 0.6) is 0 Å². The number of carbonyl (C=O) groups is 2. The number of halogens is 4. The summed E-state index contributed by atoms with van der Waals surface area (Å²) in [5.41, 5.74) is 0.782. The van der Waals surface area contributed by atoms with E-state index >= 15 is 0 Å². The van der Waals surface area contributed by atoms with Crippen molar-refractivity contribution in [2.45, 2.75) is 31.6 Å². The van der Waals surface area contributed by atoms with Crippen molar-refractivity contribution in [1.82, 2.24) is 20.1 Å². The van der Waals surface area contributed by atoms with Crippen molar-refractivity contribution in [1.29, 1.82) is 0 Å². The lowest BCUT2D eigenvalue weighted by atomic mass is 10.2. The lowest BCUT2D eigenvalue weighted by Gasteiger charge is -2.15. The van der Waals surface area contributed by atoms with Gasteiger partial charge in [-0.1, -0.05) is 58.2 Å². The van der Waals surface area contributed by atoms with Gasteiger partial charge in [0.1, 0.15) is 0 Å². The van der Waals surface area contributed by atoms with Crippen LogP contribution in [0.25, 0.3) is 0 Å². The number of nitrogens with zero attached hydrogens (tertiary/aromatic N) is 3. The highest BCUT2D eigenvalue weighted by Crippen LogP contribution is 2.27. The second-order valence-electron chi connectivity index (χ2n) is 6.87. The molecule has 0 aliphatic rings. The molecule has 0 unspecified atom stereocenters. The zero-order chi connectivity index (χ0) is 24.1. The van der Waals surface area contributed by atoms with Crippen molar-refractivity contribution in [2.24, 2.45) is 0 Å². The fourth-order valence-electron chi connectivity index (χ4n) is 2.94. The summed E-state index contributed by atoms with van der Waals surface area (Å²) >= 11 is 25.2. The molecule has 1 atom stereocenters. The van der Waals surface area contributed by atoms with Gasteiger partial charge in [-0.15, -0.1) is 10.2 Å². The van der Waals surface area contributed by atoms with E-state index in [2.05, 4.69) is 20.8 Å². The summed E-state index contributed by atoms with van der Waals surface area (Å²) in [6.45, 7) is 4.27. The summed E-state index contributed by atoms with van der Waals surface area (Å²) in [6, 6.07) is 9.04. The van der Waals surface area contributed by atoms with Crippen LogP contribution in [-0.2, 0) is 11.3 Å². The maximum Gasteiger partial charge on any atom is 0.253 e. The largest absolute Gasteiger partial charge is 0.342 e. The van der Waals surface area contributed by atoms with Crippen molar-refractivity contribution >= 4 is 75.7 Å². The first-order valence-corrected chi connectivity index (χ1v) is 12.3. The van der Waals surface area contributed by atoms with Gasteiger partial charge in [0.15, 0.2) is 11.0 Å². The smallest absolute Gasteiger partial charge is 0.253 e. The van der Waals surface area contributed by atoms with Gasteiger partial charge in [-0.2, -0.15) is 0 Å². The molecule has 174 valence electrons. The maximum absolute atomic E-state index is 12.6. The van der Waals surface area contributed by atoms with E-state index in [1.165, 1.54) is 17.8 Å². The van der Waals surface area contributed by atoms with Crippen LogP contribution in [0.2, 0.25) is 20.1 Å². The highest BCUT2D eigenvalue weighted by Gasteiger charge is 2.21. The molecule has 2 N–H and O–H groups in total. The van der Waals surface area contributed by atoms with Crippen LogP contribution >= 0.6 is 58.2 Å². The van der Waals surface area contributed by atoms with Crippen molar-refractivity contribution < 1.29 is 9.59 Å². The molecule has 0 radical (unpaired) electrons. The molecule has 12 heteroatoms. The van der Waals surface area contributed by atoms with Gasteiger partial charge in [0.05, 0.1) is 33.1 Å². The second-order valence-corrected chi connectivity index (χ2v) is 9.50. The van der Waals surface area contributed by atoms with Crippen LogP contribution in [-0.4, -0.2) is 32.3 Å². The molecule has 0 spiro atoms. The van der Waals surface area contributed by atoms with E-state index in [4.69, 9.17) is 46.4 Å². The van der Waals surface area contributed by atoms with Crippen LogP contribution in [0.3, 0.4) is 0 Å². The third-order valence-corrected chi connectivity index (χ3v) is 6.57. The second kappa shape index (κ2) is 11.4. The Morgan fingerprint density at radius 1 is 1.03 bits per heavy atom. The number of thioether (sulfide) groups is 1. The van der Waals surface area contributed by atoms with Crippen LogP contribution in [0.1, 0.15) is 36.1 Å². The third kappa shape index (κ3) is 6.55. The zero-order valence-corrected chi connectivity index (χ0v) is 21.4. The predicted octanol–water partition coefficient (Wildman–Crippen LogP) is 6.13. The molecule has 0 aliphatic carbocycles. The van der Waals surface area contributed by atoms with E-state index in [0.29, 0.717) is 43.8 Å². The Morgan fingerprint density at radius 2 is 1.70 bits per heavy atom. The van der Waals surface area contributed by atoms with Gasteiger partial charge in [0, 0.05) is 16.6 Å². The predicted molar refractivity (Wildman–Crippen MR) is 134 cm³/mol. The van der Waals surface area contributed by atoms with Gasteiger partial charge in [0.2, 0.25) is 5.91 Å². The summed E-state index contributed by atoms with van der Waals surface area (Å²) < 4.78 is 1.83. The number of benzene rings is 2. The Bertz CT molecular complexity index is 1190. The van der Waals surface area contributed by atoms with Gasteiger partial charge in [-0.05, 0) is 50.2 Å². The van der Waals surface area contributed by atoms with Gasteiger partial charge >= 0.3 is 0 Å². The van der Waals surface area contributed by atoms with Crippen molar-refractivity contribution in [3.05, 3.63) is 67.9 Å². The lowest BCUT2D eigenvalue weighted by Crippen LogP contribution is -2.29. The van der Waals surface area contributed by atoms with E-state index < -0.39 is 6.04 Å². The van der Waals surface area contributed by atoms with Gasteiger partial charge in [-0.25, -0.2) is 0 Å². The summed E-state index contributed by atoms with van der Waals surface area (Å²) in [5.74, 6) is 0.0380. The Balaban J connectivity index is 1.65. The zero-order valence-electron chi connectivity index (χ0n) is 17.5. The first kappa shape index (κ1) is 25.6. The molecule has 7 nitrogen and oxygen atoms in total. The van der Waals surface area contributed by atoms with E-state index in [1.807, 2.05) is 11.5 Å². The number of aromatic nitrogens is 3. The Kier molecular flexibility index (Phi) is 8.89. The molecule has 0 saturated heterocycles. The van der Waals surface area contributed by atoms with Crippen molar-refractivity contribution in [3.63, 3.8) is 0 Å². The number of hydrogen-bond donors (Lipinski definition) is 2. The number of carbonyl (C=O) groups excluding carboxylic acids is 2. The van der Waals surface area contributed by atoms with E-state index in [9.17, 15) is 9.59 Å². The number of nitrogens with one attached hydrogen (secondary N) is 2. The molecule has 0 bridgehead atoms. The molecule has 0 aliphatic heterocycles. The van der Waals surface area contributed by atoms with Gasteiger partial charge in [0.25, 0.3) is 5.91 Å². The Labute approximate surface area is 215 Å². The van der Waals surface area contributed by atoms with E-state index in [1.54, 1.807) is 37.3 Å². The highest BCUT2D eigenvalue weighted by atomic mass is 35.5. The third-order valence-electron chi connectivity index (χ3n) is 4.51. The Hall–Kier alpha value is -1.97. The van der Waals surface area contributed by atoms with Gasteiger partial charge in [-0.3, -0.25) is 9.59 Å². The fourth-order valence-corrected chi connectivity index (χ4v) is 4.70. The highest BCUT2D eigenvalue weighted by molar-refractivity contribution is 7.99. The summed E-state index contributed by atoms with van der Waals surface area (Å²) in [6.07, 6.45) is 0. The maximum atomic E-state index is 12.6. The first-order chi connectivity index (χ1) is 15.7. The van der Waals surface area contributed by atoms with Crippen molar-refractivity contribution in [3.8, 4) is 0 Å². The summed E-state index contributed by atoms with van der Waals surface area (Å²) in [5, 5.41) is 16.1. The molecule has 3 rings (SSSR count). The minimum absolute atomic E-state index is 0.0954. The monoisotopic (exact) mass is 545 g/mol. The topological polar surface area (TPSA) is 88.9 Å². The minimum atomic E-state index is -0.451. The number of anilines is 1. The van der Waals surface area contributed by atoms with E-state index in [-0.39, 0.29) is 22.6 Å². The molecular weight excluding hydrogens is 528 g/mol. The standard InChI is InChI=1S/C21H19Cl4N5O2S/c1-3-30-19(11(2)26-20(32)14-6-4-12(22)8-15(14)24)28-29-21(30)33-10-18(31)27-17-7-5-13(23)9-16(17)25/h4-9,11H,3,10H2,1-2H3,(H,26,32)(H,27,31)/t11-/m0/s1. The van der Waals surface area contributed by atoms with Crippen molar-refractivity contribution in [2.75, 3.05) is 11.1 Å². The number of rotatable bonds is 8. The van der Waals surface area contributed by atoms with Crippen LogP contribution < -0.4 is 10.6 Å².